The number of aromatic nitrogens is 2. The molecule has 2 aromatic carbocycles. The van der Waals surface area contributed by atoms with Crippen LogP contribution in [0.2, 0.25) is 0 Å². The van der Waals surface area contributed by atoms with E-state index in [0.717, 1.165) is 16.9 Å². The van der Waals surface area contributed by atoms with Crippen molar-refractivity contribution in [1.29, 1.82) is 0 Å². The minimum Gasteiger partial charge on any atom is -0.459 e. The second kappa shape index (κ2) is 7.11. The lowest BCUT2D eigenvalue weighted by atomic mass is 10.1. The van der Waals surface area contributed by atoms with Gasteiger partial charge in [-0.3, -0.25) is 4.79 Å². The number of furan rings is 1. The van der Waals surface area contributed by atoms with Gasteiger partial charge in [0.25, 0.3) is 5.91 Å². The van der Waals surface area contributed by atoms with Crippen molar-refractivity contribution in [1.82, 2.24) is 14.9 Å². The van der Waals surface area contributed by atoms with Crippen LogP contribution in [0.15, 0.2) is 71.3 Å². The Hall–Kier alpha value is -3.34. The Morgan fingerprint density at radius 3 is 2.78 bits per heavy atom. The third kappa shape index (κ3) is 3.49. The lowest BCUT2D eigenvalue weighted by molar-refractivity contribution is 0.0909. The number of hydrogen-bond donors (Lipinski definition) is 1. The quantitative estimate of drug-likeness (QED) is 0.572. The zero-order valence-corrected chi connectivity index (χ0v) is 15.3. The average molecular weight is 359 g/mol. The molecule has 0 saturated heterocycles. The lowest BCUT2D eigenvalue weighted by Gasteiger charge is -2.16. The summed E-state index contributed by atoms with van der Waals surface area (Å²) < 4.78 is 7.35. The fraction of sp³-hybridized carbons (Fsp3) is 0.182. The zero-order chi connectivity index (χ0) is 18.8. The second-order valence-corrected chi connectivity index (χ2v) is 6.71. The maximum Gasteiger partial charge on any atom is 0.287 e. The third-order valence-corrected chi connectivity index (χ3v) is 4.59. The zero-order valence-electron chi connectivity index (χ0n) is 15.3. The number of fused-ring (bicyclic) bond motifs is 1. The molecule has 0 radical (unpaired) electrons. The number of para-hydroxylation sites is 2. The Balaban J connectivity index is 1.70. The molecule has 5 nitrogen and oxygen atoms in total. The molecule has 1 unspecified atom stereocenters. The molecule has 5 heteroatoms. The number of nitrogens with zero attached hydrogens (tertiary/aromatic N) is 2. The van der Waals surface area contributed by atoms with Crippen molar-refractivity contribution in [3.05, 3.63) is 89.6 Å². The van der Waals surface area contributed by atoms with E-state index < -0.39 is 0 Å². The fourth-order valence-electron chi connectivity index (χ4n) is 3.32. The van der Waals surface area contributed by atoms with Crippen molar-refractivity contribution in [2.45, 2.75) is 26.4 Å². The number of amides is 1. The number of hydrogen-bond acceptors (Lipinski definition) is 3. The second-order valence-electron chi connectivity index (χ2n) is 6.71. The molecule has 0 bridgehead atoms. The molecule has 1 amide bonds. The Bertz CT molecular complexity index is 1080. The number of aryl methyl sites for hydroxylation is 1. The predicted molar refractivity (Wildman–Crippen MR) is 105 cm³/mol. The van der Waals surface area contributed by atoms with E-state index in [4.69, 9.17) is 9.40 Å². The highest BCUT2D eigenvalue weighted by atomic mass is 16.3. The van der Waals surface area contributed by atoms with E-state index >= 15 is 0 Å². The van der Waals surface area contributed by atoms with Crippen LogP contribution in [0.1, 0.15) is 40.5 Å². The van der Waals surface area contributed by atoms with E-state index in [1.165, 1.54) is 17.4 Å². The van der Waals surface area contributed by atoms with E-state index in [1.54, 1.807) is 12.1 Å². The first kappa shape index (κ1) is 17.1. The molecule has 2 aromatic heterocycles. The summed E-state index contributed by atoms with van der Waals surface area (Å²) in [7, 11) is 0. The highest BCUT2D eigenvalue weighted by Crippen LogP contribution is 2.23. The van der Waals surface area contributed by atoms with Gasteiger partial charge in [-0.25, -0.2) is 4.98 Å². The van der Waals surface area contributed by atoms with Gasteiger partial charge in [-0.1, -0.05) is 42.0 Å². The Morgan fingerprint density at radius 2 is 2.00 bits per heavy atom. The summed E-state index contributed by atoms with van der Waals surface area (Å²) in [5.74, 6) is 0.863. The van der Waals surface area contributed by atoms with Crippen LogP contribution in [0.4, 0.5) is 0 Å². The van der Waals surface area contributed by atoms with Crippen LogP contribution in [0.25, 0.3) is 11.0 Å². The van der Waals surface area contributed by atoms with Gasteiger partial charge in [0, 0.05) is 6.54 Å². The molecule has 1 N–H and O–H groups in total. The van der Waals surface area contributed by atoms with E-state index in [0.29, 0.717) is 12.3 Å². The maximum absolute atomic E-state index is 12.4. The summed E-state index contributed by atoms with van der Waals surface area (Å²) in [6.45, 7) is 4.72. The molecule has 2 heterocycles. The van der Waals surface area contributed by atoms with Crippen LogP contribution in [0.5, 0.6) is 0 Å². The number of nitrogens with one attached hydrogen (secondary N) is 1. The number of carbonyl (C=O) groups excluding carboxylic acids is 1. The van der Waals surface area contributed by atoms with Gasteiger partial charge in [-0.05, 0) is 43.7 Å². The maximum atomic E-state index is 12.4. The molecular formula is C22H21N3O2. The predicted octanol–water partition coefficient (Wildman–Crippen LogP) is 4.48. The van der Waals surface area contributed by atoms with Gasteiger partial charge < -0.3 is 14.3 Å². The normalized spacial score (nSPS) is 12.2. The van der Waals surface area contributed by atoms with Gasteiger partial charge in [0.2, 0.25) is 0 Å². The molecule has 0 fully saturated rings. The molecule has 1 atom stereocenters. The largest absolute Gasteiger partial charge is 0.459 e. The van der Waals surface area contributed by atoms with E-state index in [2.05, 4.69) is 47.1 Å². The van der Waals surface area contributed by atoms with Crippen molar-refractivity contribution in [3.63, 3.8) is 0 Å². The van der Waals surface area contributed by atoms with E-state index in [1.807, 2.05) is 25.1 Å². The molecule has 0 aliphatic rings. The monoisotopic (exact) mass is 359 g/mol. The van der Waals surface area contributed by atoms with E-state index in [-0.39, 0.29) is 11.9 Å². The number of rotatable bonds is 5. The third-order valence-electron chi connectivity index (χ3n) is 4.59. The molecule has 0 aliphatic carbocycles. The van der Waals surface area contributed by atoms with Gasteiger partial charge in [-0.15, -0.1) is 0 Å². The summed E-state index contributed by atoms with van der Waals surface area (Å²) in [4.78, 5) is 17.2. The SMILES string of the molecule is Cc1cccc(Cn2c(C(C)NC(=O)c3ccco3)nc3ccccc32)c1. The molecule has 0 saturated carbocycles. The smallest absolute Gasteiger partial charge is 0.287 e. The Labute approximate surface area is 157 Å². The van der Waals surface area contributed by atoms with E-state index in [9.17, 15) is 4.79 Å². The highest BCUT2D eigenvalue weighted by molar-refractivity contribution is 5.91. The number of benzene rings is 2. The first-order chi connectivity index (χ1) is 13.1. The summed E-state index contributed by atoms with van der Waals surface area (Å²) in [6, 6.07) is 19.5. The summed E-state index contributed by atoms with van der Waals surface area (Å²) >= 11 is 0. The molecule has 4 rings (SSSR count). The number of carbonyl (C=O) groups is 1. The van der Waals surface area contributed by atoms with Gasteiger partial charge in [-0.2, -0.15) is 0 Å². The van der Waals surface area contributed by atoms with Crippen molar-refractivity contribution in [3.8, 4) is 0 Å². The van der Waals surface area contributed by atoms with Crippen LogP contribution >= 0.6 is 0 Å². The minimum absolute atomic E-state index is 0.248. The van der Waals surface area contributed by atoms with Crippen molar-refractivity contribution in [2.24, 2.45) is 0 Å². The topological polar surface area (TPSA) is 60.1 Å². The highest BCUT2D eigenvalue weighted by Gasteiger charge is 2.20. The first-order valence-electron chi connectivity index (χ1n) is 8.97. The molecule has 27 heavy (non-hydrogen) atoms. The molecule has 136 valence electrons. The van der Waals surface area contributed by atoms with Gasteiger partial charge in [0.15, 0.2) is 5.76 Å². The van der Waals surface area contributed by atoms with Gasteiger partial charge in [0.05, 0.1) is 23.3 Å². The molecule has 4 aromatic rings. The molecule has 0 spiro atoms. The van der Waals surface area contributed by atoms with Crippen molar-refractivity contribution in [2.75, 3.05) is 0 Å². The summed E-state index contributed by atoms with van der Waals surface area (Å²) in [5, 5.41) is 2.98. The first-order valence-corrected chi connectivity index (χ1v) is 8.97. The van der Waals surface area contributed by atoms with Crippen LogP contribution in [-0.4, -0.2) is 15.5 Å². The van der Waals surface area contributed by atoms with Gasteiger partial charge >= 0.3 is 0 Å². The van der Waals surface area contributed by atoms with Crippen LogP contribution in [0.3, 0.4) is 0 Å². The van der Waals surface area contributed by atoms with Crippen molar-refractivity contribution >= 4 is 16.9 Å². The van der Waals surface area contributed by atoms with Crippen LogP contribution in [-0.2, 0) is 6.54 Å². The Morgan fingerprint density at radius 1 is 1.15 bits per heavy atom. The fourth-order valence-corrected chi connectivity index (χ4v) is 3.32. The van der Waals surface area contributed by atoms with Gasteiger partial charge in [0.1, 0.15) is 5.82 Å². The number of imidazole rings is 1. The standard InChI is InChI=1S/C22H21N3O2/c1-15-7-5-8-17(13-15)14-25-19-10-4-3-9-18(19)24-21(25)16(2)23-22(26)20-11-6-12-27-20/h3-13,16H,14H2,1-2H3,(H,23,26). The average Bonchev–Trinajstić information content (AvgIpc) is 3.30. The summed E-state index contributed by atoms with van der Waals surface area (Å²) in [5.41, 5.74) is 4.38. The minimum atomic E-state index is -0.264. The van der Waals surface area contributed by atoms with Crippen LogP contribution in [0, 0.1) is 6.92 Å². The molecular weight excluding hydrogens is 338 g/mol. The summed E-state index contributed by atoms with van der Waals surface area (Å²) in [6.07, 6.45) is 1.49. The van der Waals surface area contributed by atoms with Crippen molar-refractivity contribution < 1.29 is 9.21 Å². The van der Waals surface area contributed by atoms with Crippen LogP contribution < -0.4 is 5.32 Å². The molecule has 0 aliphatic heterocycles. The lowest BCUT2D eigenvalue weighted by Crippen LogP contribution is -2.28. The Kier molecular flexibility index (Phi) is 4.50.